The average molecular weight is 428 g/mol. The number of amides is 1. The number of benzene rings is 1. The van der Waals surface area contributed by atoms with Crippen LogP contribution >= 0.6 is 0 Å². The van der Waals surface area contributed by atoms with Crippen LogP contribution < -0.4 is 10.9 Å². The number of anilines is 1. The summed E-state index contributed by atoms with van der Waals surface area (Å²) in [6.45, 7) is 2.92. The van der Waals surface area contributed by atoms with Gasteiger partial charge in [0.15, 0.2) is 9.84 Å². The summed E-state index contributed by atoms with van der Waals surface area (Å²) >= 11 is 0. The minimum atomic E-state index is -3.31. The molecule has 0 spiro atoms. The van der Waals surface area contributed by atoms with Crippen molar-refractivity contribution in [1.29, 1.82) is 5.26 Å². The van der Waals surface area contributed by atoms with Crippen LogP contribution in [-0.4, -0.2) is 41.7 Å². The highest BCUT2D eigenvalue weighted by molar-refractivity contribution is 7.91. The fraction of sp³-hybridized carbons (Fsp3) is 0.300. The van der Waals surface area contributed by atoms with E-state index in [4.69, 9.17) is 0 Å². The molecule has 30 heavy (non-hydrogen) atoms. The fourth-order valence-electron chi connectivity index (χ4n) is 3.39. The second-order valence-electron chi connectivity index (χ2n) is 7.07. The Morgan fingerprint density at radius 3 is 2.57 bits per heavy atom. The molecular formula is C20H20N4O5S. The normalized spacial score (nSPS) is 17.7. The molecule has 1 aliphatic heterocycles. The van der Waals surface area contributed by atoms with E-state index in [-0.39, 0.29) is 40.5 Å². The van der Waals surface area contributed by atoms with Crippen molar-refractivity contribution in [2.75, 3.05) is 16.8 Å². The zero-order chi connectivity index (χ0) is 22.1. The SMILES string of the molecule is CC(=O)Nc1ccc(N=Cc2c(C)c(C#N)c(=O)n([C@H]3CCS(=O)(=O)C3)c2O)cc1. The summed E-state index contributed by atoms with van der Waals surface area (Å²) < 4.78 is 24.7. The monoisotopic (exact) mass is 428 g/mol. The van der Waals surface area contributed by atoms with Crippen molar-refractivity contribution < 1.29 is 18.3 Å². The Balaban J connectivity index is 2.03. The summed E-state index contributed by atoms with van der Waals surface area (Å²) in [6.07, 6.45) is 1.52. The van der Waals surface area contributed by atoms with Crippen molar-refractivity contribution in [2.24, 2.45) is 4.99 Å². The van der Waals surface area contributed by atoms with E-state index in [2.05, 4.69) is 10.3 Å². The first kappa shape index (κ1) is 21.3. The molecule has 0 aliphatic carbocycles. The van der Waals surface area contributed by atoms with Gasteiger partial charge in [0.05, 0.1) is 28.8 Å². The van der Waals surface area contributed by atoms with Gasteiger partial charge in [-0.25, -0.2) is 8.42 Å². The quantitative estimate of drug-likeness (QED) is 0.711. The molecule has 1 aromatic carbocycles. The molecule has 2 aromatic rings. The van der Waals surface area contributed by atoms with Crippen LogP contribution in [0.1, 0.15) is 36.1 Å². The molecule has 3 rings (SSSR count). The number of nitrogens with one attached hydrogen (secondary N) is 1. The second kappa shape index (κ2) is 8.12. The number of sulfone groups is 1. The standard InChI is InChI=1S/C20H20N4O5S/c1-12-17(9-21)19(26)24(16-7-8-30(28,29)11-16)20(27)18(12)10-22-14-3-5-15(6-4-14)23-13(2)25/h3-6,10,16,27H,7-8,11H2,1-2H3,(H,23,25)/t16-/m0/s1. The lowest BCUT2D eigenvalue weighted by atomic mass is 10.0. The highest BCUT2D eigenvalue weighted by Crippen LogP contribution is 2.30. The first-order valence-corrected chi connectivity index (χ1v) is 11.0. The Kier molecular flexibility index (Phi) is 5.75. The zero-order valence-electron chi connectivity index (χ0n) is 16.4. The molecular weight excluding hydrogens is 408 g/mol. The van der Waals surface area contributed by atoms with E-state index in [0.717, 1.165) is 4.57 Å². The molecule has 1 fully saturated rings. The van der Waals surface area contributed by atoms with Crippen LogP contribution in [0.4, 0.5) is 11.4 Å². The molecule has 2 N–H and O–H groups in total. The predicted octanol–water partition coefficient (Wildman–Crippen LogP) is 1.80. The second-order valence-corrected chi connectivity index (χ2v) is 9.30. The molecule has 1 saturated heterocycles. The van der Waals surface area contributed by atoms with Crippen LogP contribution in [0.25, 0.3) is 0 Å². The number of carbonyl (C=O) groups is 1. The van der Waals surface area contributed by atoms with Crippen molar-refractivity contribution >= 4 is 33.3 Å². The van der Waals surface area contributed by atoms with Gasteiger partial charge < -0.3 is 10.4 Å². The maximum absolute atomic E-state index is 12.7. The Labute approximate surface area is 173 Å². The Morgan fingerprint density at radius 1 is 1.37 bits per heavy atom. The van der Waals surface area contributed by atoms with E-state index < -0.39 is 27.3 Å². The van der Waals surface area contributed by atoms with Crippen LogP contribution in [0, 0.1) is 18.3 Å². The molecule has 156 valence electrons. The molecule has 1 atom stereocenters. The molecule has 1 aliphatic rings. The molecule has 2 heterocycles. The average Bonchev–Trinajstić information content (AvgIpc) is 3.02. The number of nitrogens with zero attached hydrogens (tertiary/aromatic N) is 3. The number of aromatic nitrogens is 1. The maximum atomic E-state index is 12.7. The third-order valence-electron chi connectivity index (χ3n) is 4.90. The third-order valence-corrected chi connectivity index (χ3v) is 6.65. The molecule has 0 bridgehead atoms. The number of aliphatic imine (C=N–C) groups is 1. The minimum Gasteiger partial charge on any atom is -0.494 e. The highest BCUT2D eigenvalue weighted by Gasteiger charge is 2.33. The number of nitriles is 1. The first-order valence-electron chi connectivity index (χ1n) is 9.13. The van der Waals surface area contributed by atoms with Gasteiger partial charge in [-0.1, -0.05) is 0 Å². The van der Waals surface area contributed by atoms with Crippen LogP contribution in [0.3, 0.4) is 0 Å². The number of hydrogen-bond donors (Lipinski definition) is 2. The van der Waals surface area contributed by atoms with Gasteiger partial charge in [-0.05, 0) is 43.2 Å². The topological polar surface area (TPSA) is 142 Å². The van der Waals surface area contributed by atoms with Crippen LogP contribution in [-0.2, 0) is 14.6 Å². The molecule has 1 aromatic heterocycles. The van der Waals surface area contributed by atoms with Crippen LogP contribution in [0.5, 0.6) is 5.88 Å². The van der Waals surface area contributed by atoms with Gasteiger partial charge in [0.25, 0.3) is 5.56 Å². The van der Waals surface area contributed by atoms with Crippen molar-refractivity contribution in [3.63, 3.8) is 0 Å². The summed E-state index contributed by atoms with van der Waals surface area (Å²) in [5, 5.41) is 22.8. The van der Waals surface area contributed by atoms with Gasteiger partial charge in [0, 0.05) is 18.8 Å². The van der Waals surface area contributed by atoms with Crippen molar-refractivity contribution in [3.8, 4) is 11.9 Å². The van der Waals surface area contributed by atoms with Crippen LogP contribution in [0.15, 0.2) is 34.1 Å². The molecule has 10 heteroatoms. The van der Waals surface area contributed by atoms with E-state index in [1.165, 1.54) is 20.1 Å². The maximum Gasteiger partial charge on any atom is 0.271 e. The van der Waals surface area contributed by atoms with Crippen LogP contribution in [0.2, 0.25) is 0 Å². The van der Waals surface area contributed by atoms with E-state index in [1.54, 1.807) is 24.3 Å². The number of rotatable bonds is 4. The highest BCUT2D eigenvalue weighted by atomic mass is 32.2. The summed E-state index contributed by atoms with van der Waals surface area (Å²) in [4.78, 5) is 28.1. The minimum absolute atomic E-state index is 0.0800. The molecule has 0 radical (unpaired) electrons. The number of hydrogen-bond acceptors (Lipinski definition) is 7. The van der Waals surface area contributed by atoms with Crippen molar-refractivity contribution in [2.45, 2.75) is 26.3 Å². The fourth-order valence-corrected chi connectivity index (χ4v) is 5.09. The Morgan fingerprint density at radius 2 is 2.03 bits per heavy atom. The Hall–Kier alpha value is -3.45. The Bertz CT molecular complexity index is 1240. The number of aromatic hydroxyl groups is 1. The summed E-state index contributed by atoms with van der Waals surface area (Å²) in [5.41, 5.74) is 0.661. The van der Waals surface area contributed by atoms with E-state index in [9.17, 15) is 28.4 Å². The molecule has 0 unspecified atom stereocenters. The summed E-state index contributed by atoms with van der Waals surface area (Å²) in [5.74, 6) is -0.969. The number of pyridine rings is 1. The van der Waals surface area contributed by atoms with Gasteiger partial charge in [-0.3, -0.25) is 19.1 Å². The van der Waals surface area contributed by atoms with Gasteiger partial charge in [0.2, 0.25) is 11.8 Å². The molecule has 1 amide bonds. The summed E-state index contributed by atoms with van der Waals surface area (Å²) in [7, 11) is -3.31. The van der Waals surface area contributed by atoms with E-state index in [0.29, 0.717) is 11.4 Å². The molecule has 9 nitrogen and oxygen atoms in total. The van der Waals surface area contributed by atoms with Crippen molar-refractivity contribution in [1.82, 2.24) is 4.57 Å². The van der Waals surface area contributed by atoms with E-state index >= 15 is 0 Å². The van der Waals surface area contributed by atoms with Gasteiger partial charge in [0.1, 0.15) is 11.6 Å². The third kappa shape index (κ3) is 4.26. The van der Waals surface area contributed by atoms with Gasteiger partial charge in [-0.2, -0.15) is 5.26 Å². The molecule has 0 saturated carbocycles. The van der Waals surface area contributed by atoms with E-state index in [1.807, 2.05) is 6.07 Å². The predicted molar refractivity (Wildman–Crippen MR) is 112 cm³/mol. The summed E-state index contributed by atoms with van der Waals surface area (Å²) in [6, 6.07) is 7.73. The lowest BCUT2D eigenvalue weighted by molar-refractivity contribution is -0.114. The number of carbonyl (C=O) groups excluding carboxylic acids is 1. The first-order chi connectivity index (χ1) is 14.1. The smallest absolute Gasteiger partial charge is 0.271 e. The lowest BCUT2D eigenvalue weighted by Crippen LogP contribution is -2.29. The zero-order valence-corrected chi connectivity index (χ0v) is 17.2. The van der Waals surface area contributed by atoms with Gasteiger partial charge in [-0.15, -0.1) is 0 Å². The van der Waals surface area contributed by atoms with Crippen molar-refractivity contribution in [3.05, 3.63) is 51.3 Å². The van der Waals surface area contributed by atoms with Gasteiger partial charge >= 0.3 is 0 Å². The lowest BCUT2D eigenvalue weighted by Gasteiger charge is -2.18. The largest absolute Gasteiger partial charge is 0.494 e.